The molecule has 158 valence electrons. The van der Waals surface area contributed by atoms with Crippen LogP contribution in [0.2, 0.25) is 0 Å². The Morgan fingerprint density at radius 2 is 2.00 bits per heavy atom. The van der Waals surface area contributed by atoms with Crippen molar-refractivity contribution in [3.05, 3.63) is 48.0 Å². The Labute approximate surface area is 178 Å². The fraction of sp³-hybridized carbons (Fsp3) is 0.300. The highest BCUT2D eigenvalue weighted by Crippen LogP contribution is 2.24. The lowest BCUT2D eigenvalue weighted by Crippen LogP contribution is -2.44. The van der Waals surface area contributed by atoms with Crippen LogP contribution in [-0.2, 0) is 6.54 Å². The number of likely N-dealkylation sites (tertiary alicyclic amines) is 1. The zero-order valence-corrected chi connectivity index (χ0v) is 16.9. The first kappa shape index (κ1) is 21.7. The van der Waals surface area contributed by atoms with Crippen LogP contribution in [0.1, 0.15) is 18.4 Å². The molecule has 3 aromatic rings. The van der Waals surface area contributed by atoms with E-state index >= 15 is 0 Å². The van der Waals surface area contributed by atoms with E-state index in [4.69, 9.17) is 10.8 Å². The molecule has 1 fully saturated rings. The lowest BCUT2D eigenvalue weighted by atomic mass is 10.0. The molecule has 0 saturated carbocycles. The first-order chi connectivity index (χ1) is 14.0. The Hall–Kier alpha value is -3.04. The Bertz CT molecular complexity index is 1060. The molecule has 1 aromatic carbocycles. The van der Waals surface area contributed by atoms with E-state index in [0.717, 1.165) is 18.4 Å². The lowest BCUT2D eigenvalue weighted by molar-refractivity contribution is 0.129. The summed E-state index contributed by atoms with van der Waals surface area (Å²) in [4.78, 5) is 25.0. The van der Waals surface area contributed by atoms with Gasteiger partial charge in [0.2, 0.25) is 0 Å². The average molecular weight is 433 g/mol. The quantitative estimate of drug-likeness (QED) is 0.579. The lowest BCUT2D eigenvalue weighted by Gasteiger charge is -2.30. The summed E-state index contributed by atoms with van der Waals surface area (Å²) in [6.45, 7) is 1.50. The second-order valence-corrected chi connectivity index (χ2v) is 7.10. The number of hydrogen-bond donors (Lipinski definition) is 3. The van der Waals surface area contributed by atoms with Crippen molar-refractivity contribution in [1.29, 1.82) is 0 Å². The number of nitrogen functional groups attached to an aromatic ring is 1. The van der Waals surface area contributed by atoms with Gasteiger partial charge in [-0.25, -0.2) is 24.1 Å². The van der Waals surface area contributed by atoms with Crippen LogP contribution < -0.4 is 11.1 Å². The minimum Gasteiger partial charge on any atom is -0.465 e. The van der Waals surface area contributed by atoms with Gasteiger partial charge in [-0.2, -0.15) is 0 Å². The smallest absolute Gasteiger partial charge is 0.407 e. The molecule has 1 amide bonds. The number of benzene rings is 1. The van der Waals surface area contributed by atoms with Gasteiger partial charge in [0.1, 0.15) is 17.7 Å². The molecule has 1 saturated heterocycles. The molecule has 0 atom stereocenters. The number of nitrogens with one attached hydrogen (secondary N) is 1. The van der Waals surface area contributed by atoms with Gasteiger partial charge in [0.25, 0.3) is 0 Å². The Morgan fingerprint density at radius 1 is 1.23 bits per heavy atom. The van der Waals surface area contributed by atoms with Gasteiger partial charge in [-0.3, -0.25) is 0 Å². The summed E-state index contributed by atoms with van der Waals surface area (Å²) in [7, 11) is 0. The number of carboxylic acid groups (broad SMARTS) is 1. The summed E-state index contributed by atoms with van der Waals surface area (Å²) in [5.41, 5.74) is 9.03. The molecule has 4 N–H and O–H groups in total. The molecule has 0 bridgehead atoms. The van der Waals surface area contributed by atoms with E-state index < -0.39 is 6.09 Å². The van der Waals surface area contributed by atoms with Crippen molar-refractivity contribution >= 4 is 35.4 Å². The Balaban J connectivity index is 0.00000256. The second kappa shape index (κ2) is 9.19. The summed E-state index contributed by atoms with van der Waals surface area (Å²) in [5, 5.41) is 12.4. The number of pyridine rings is 1. The fourth-order valence-corrected chi connectivity index (χ4v) is 3.56. The predicted octanol–water partition coefficient (Wildman–Crippen LogP) is 3.07. The van der Waals surface area contributed by atoms with Crippen LogP contribution in [0.15, 0.2) is 36.7 Å². The highest BCUT2D eigenvalue weighted by Gasteiger charge is 2.21. The van der Waals surface area contributed by atoms with Crippen LogP contribution in [0, 0.1) is 5.82 Å². The van der Waals surface area contributed by atoms with Crippen LogP contribution in [0.3, 0.4) is 0 Å². The molecular weight excluding hydrogens is 411 g/mol. The molecule has 2 aromatic heterocycles. The normalized spacial score (nSPS) is 14.5. The van der Waals surface area contributed by atoms with Crippen molar-refractivity contribution in [2.45, 2.75) is 25.4 Å². The number of rotatable bonds is 4. The van der Waals surface area contributed by atoms with Crippen molar-refractivity contribution in [1.82, 2.24) is 25.2 Å². The number of carbonyl (C=O) groups is 1. The summed E-state index contributed by atoms with van der Waals surface area (Å²) >= 11 is 0. The van der Waals surface area contributed by atoms with Crippen molar-refractivity contribution in [2.24, 2.45) is 0 Å². The molecule has 1 aliphatic heterocycles. The second-order valence-electron chi connectivity index (χ2n) is 7.10. The third kappa shape index (κ3) is 4.74. The van der Waals surface area contributed by atoms with Crippen LogP contribution in [-0.4, -0.2) is 50.2 Å². The predicted molar refractivity (Wildman–Crippen MR) is 114 cm³/mol. The van der Waals surface area contributed by atoms with Gasteiger partial charge in [0, 0.05) is 31.2 Å². The van der Waals surface area contributed by atoms with Crippen LogP contribution in [0.5, 0.6) is 0 Å². The number of piperidine rings is 1. The summed E-state index contributed by atoms with van der Waals surface area (Å²) in [6.07, 6.45) is 1.97. The van der Waals surface area contributed by atoms with Gasteiger partial charge in [-0.1, -0.05) is 0 Å². The topological polar surface area (TPSA) is 117 Å². The van der Waals surface area contributed by atoms with Crippen molar-refractivity contribution < 1.29 is 14.3 Å². The van der Waals surface area contributed by atoms with E-state index in [2.05, 4.69) is 20.3 Å². The van der Waals surface area contributed by atoms with E-state index in [1.807, 2.05) is 6.07 Å². The minimum atomic E-state index is -0.882. The third-order valence-corrected chi connectivity index (χ3v) is 5.12. The molecule has 0 unspecified atom stereocenters. The monoisotopic (exact) mass is 432 g/mol. The summed E-state index contributed by atoms with van der Waals surface area (Å²) < 4.78 is 14.2. The van der Waals surface area contributed by atoms with Crippen LogP contribution in [0.4, 0.5) is 15.0 Å². The summed E-state index contributed by atoms with van der Waals surface area (Å²) in [6, 6.07) is 8.58. The number of fused-ring (bicyclic) bond motifs is 1. The molecule has 30 heavy (non-hydrogen) atoms. The number of halogens is 2. The molecule has 8 nitrogen and oxygen atoms in total. The average Bonchev–Trinajstić information content (AvgIpc) is 2.72. The zero-order valence-electron chi connectivity index (χ0n) is 16.1. The Morgan fingerprint density at radius 3 is 2.73 bits per heavy atom. The summed E-state index contributed by atoms with van der Waals surface area (Å²) in [5.74, 6) is -0.0676. The van der Waals surface area contributed by atoms with E-state index in [1.54, 1.807) is 12.1 Å². The minimum absolute atomic E-state index is 0. The first-order valence-corrected chi connectivity index (χ1v) is 9.38. The highest BCUT2D eigenvalue weighted by atomic mass is 35.5. The molecule has 4 rings (SSSR count). The number of nitrogens with zero attached hydrogens (tertiary/aromatic N) is 4. The van der Waals surface area contributed by atoms with E-state index in [9.17, 15) is 9.18 Å². The number of anilines is 1. The zero-order chi connectivity index (χ0) is 20.4. The van der Waals surface area contributed by atoms with Crippen molar-refractivity contribution in [2.75, 3.05) is 18.8 Å². The van der Waals surface area contributed by atoms with E-state index in [-0.39, 0.29) is 30.1 Å². The fourth-order valence-electron chi connectivity index (χ4n) is 3.56. The number of hydrogen-bond acceptors (Lipinski definition) is 6. The van der Waals surface area contributed by atoms with Gasteiger partial charge in [0.05, 0.1) is 11.2 Å². The third-order valence-electron chi connectivity index (χ3n) is 5.12. The largest absolute Gasteiger partial charge is 0.465 e. The maximum Gasteiger partial charge on any atom is 0.407 e. The highest BCUT2D eigenvalue weighted by molar-refractivity contribution is 5.86. The van der Waals surface area contributed by atoms with Gasteiger partial charge < -0.3 is 21.1 Å². The SMILES string of the molecule is Cl.Nc1ncnc2ccc(-c3cc(F)cc(CNC4CCN(C(=O)O)CC4)c3)nc12. The molecule has 3 heterocycles. The molecule has 0 spiro atoms. The Kier molecular flexibility index (Phi) is 6.63. The standard InChI is InChI=1S/C20H21FN6O2.ClH/c21-14-8-12(10-23-15-3-5-27(6-4-15)20(28)29)7-13(9-14)16-1-2-17-18(26-16)19(22)25-11-24-17;/h1-2,7-9,11,15,23H,3-6,10H2,(H,28,29)(H2,22,24,25);1H. The number of aromatic nitrogens is 3. The van der Waals surface area contributed by atoms with Crippen molar-refractivity contribution in [3.63, 3.8) is 0 Å². The van der Waals surface area contributed by atoms with E-state index in [0.29, 0.717) is 41.9 Å². The van der Waals surface area contributed by atoms with Gasteiger partial charge >= 0.3 is 6.09 Å². The molecular formula is C20H22ClFN6O2. The first-order valence-electron chi connectivity index (χ1n) is 9.38. The molecule has 0 radical (unpaired) electrons. The van der Waals surface area contributed by atoms with E-state index in [1.165, 1.54) is 23.4 Å². The number of amides is 1. The van der Waals surface area contributed by atoms with Gasteiger partial charge in [0.15, 0.2) is 5.82 Å². The van der Waals surface area contributed by atoms with Gasteiger partial charge in [-0.05, 0) is 48.7 Å². The molecule has 10 heteroatoms. The molecule has 0 aliphatic carbocycles. The maximum atomic E-state index is 14.2. The van der Waals surface area contributed by atoms with Crippen molar-refractivity contribution in [3.8, 4) is 11.3 Å². The van der Waals surface area contributed by atoms with Gasteiger partial charge in [-0.15, -0.1) is 12.4 Å². The maximum absolute atomic E-state index is 14.2. The van der Waals surface area contributed by atoms with Crippen LogP contribution in [0.25, 0.3) is 22.3 Å². The number of nitrogens with two attached hydrogens (primary N) is 1. The van der Waals surface area contributed by atoms with Crippen LogP contribution >= 0.6 is 12.4 Å². The molecule has 1 aliphatic rings.